The molecule has 0 fully saturated rings. The van der Waals surface area contributed by atoms with E-state index in [4.69, 9.17) is 9.26 Å². The quantitative estimate of drug-likeness (QED) is 0.569. The molecule has 1 unspecified atom stereocenters. The number of alkyl halides is 3. The van der Waals surface area contributed by atoms with E-state index in [9.17, 15) is 27.6 Å². The maximum absolute atomic E-state index is 13.3. The van der Waals surface area contributed by atoms with Crippen LogP contribution in [0, 0.1) is 6.92 Å². The largest absolute Gasteiger partial charge is 0.461 e. The van der Waals surface area contributed by atoms with Crippen molar-refractivity contribution in [3.8, 4) is 0 Å². The topological polar surface area (TPSA) is 116 Å². The van der Waals surface area contributed by atoms with Gasteiger partial charge in [-0.05, 0) is 32.4 Å². The van der Waals surface area contributed by atoms with Crippen LogP contribution in [0.5, 0.6) is 0 Å². The Morgan fingerprint density at radius 2 is 1.94 bits per heavy atom. The van der Waals surface area contributed by atoms with Gasteiger partial charge in [0.2, 0.25) is 11.6 Å². The molecule has 0 bridgehead atoms. The maximum atomic E-state index is 13.3. The van der Waals surface area contributed by atoms with Crippen molar-refractivity contribution < 1.29 is 32.0 Å². The Morgan fingerprint density at radius 3 is 2.56 bits per heavy atom. The molecule has 32 heavy (non-hydrogen) atoms. The lowest BCUT2D eigenvalue weighted by atomic mass is 10.1. The van der Waals surface area contributed by atoms with Crippen LogP contribution in [0.3, 0.4) is 0 Å². The van der Waals surface area contributed by atoms with Gasteiger partial charge in [0.1, 0.15) is 17.3 Å². The molecule has 12 heteroatoms. The molecule has 170 valence electrons. The van der Waals surface area contributed by atoms with Gasteiger partial charge in [0.15, 0.2) is 0 Å². The minimum absolute atomic E-state index is 0.0271. The van der Waals surface area contributed by atoms with E-state index < -0.39 is 46.6 Å². The Morgan fingerprint density at radius 1 is 1.25 bits per heavy atom. The van der Waals surface area contributed by atoms with Gasteiger partial charge >= 0.3 is 12.1 Å². The van der Waals surface area contributed by atoms with Crippen molar-refractivity contribution in [3.63, 3.8) is 0 Å². The van der Waals surface area contributed by atoms with Crippen molar-refractivity contribution in [2.45, 2.75) is 39.4 Å². The van der Waals surface area contributed by atoms with Crippen LogP contribution < -0.4 is 10.9 Å². The molecule has 1 amide bonds. The summed E-state index contributed by atoms with van der Waals surface area (Å²) in [5.41, 5.74) is -2.89. The van der Waals surface area contributed by atoms with Crippen molar-refractivity contribution in [2.24, 2.45) is 0 Å². The number of aromatic nitrogens is 3. The molecular weight excluding hydrogens is 433 g/mol. The van der Waals surface area contributed by atoms with Crippen LogP contribution in [0.4, 0.5) is 18.9 Å². The molecule has 0 spiro atoms. The number of halogens is 3. The number of rotatable bonds is 6. The molecule has 1 aromatic carbocycles. The number of para-hydroxylation sites is 1. The summed E-state index contributed by atoms with van der Waals surface area (Å²) in [6.07, 6.45) is -4.64. The zero-order valence-electron chi connectivity index (χ0n) is 17.3. The lowest BCUT2D eigenvalue weighted by molar-refractivity contribution is -0.137. The van der Waals surface area contributed by atoms with Gasteiger partial charge in [-0.25, -0.2) is 4.79 Å². The summed E-state index contributed by atoms with van der Waals surface area (Å²) in [4.78, 5) is 42.3. The van der Waals surface area contributed by atoms with Crippen LogP contribution in [0.1, 0.15) is 48.2 Å². The Balaban J connectivity index is 2.07. The zero-order valence-corrected chi connectivity index (χ0v) is 17.3. The van der Waals surface area contributed by atoms with E-state index in [1.54, 1.807) is 13.8 Å². The van der Waals surface area contributed by atoms with Crippen LogP contribution in [0.15, 0.2) is 33.6 Å². The summed E-state index contributed by atoms with van der Waals surface area (Å²) >= 11 is 0. The number of carbonyl (C=O) groups excluding carboxylic acids is 2. The molecule has 0 aliphatic rings. The lowest BCUT2D eigenvalue weighted by Crippen LogP contribution is -2.35. The van der Waals surface area contributed by atoms with Crippen molar-refractivity contribution >= 4 is 28.7 Å². The van der Waals surface area contributed by atoms with Gasteiger partial charge in [0, 0.05) is 0 Å². The number of anilines is 1. The Hall–Kier alpha value is -3.70. The van der Waals surface area contributed by atoms with Gasteiger partial charge < -0.3 is 14.6 Å². The van der Waals surface area contributed by atoms with Gasteiger partial charge in [0.25, 0.3) is 11.3 Å². The number of ether oxygens (including phenoxy) is 1. The number of nitrogens with zero attached hydrogens (tertiary/aromatic N) is 3. The van der Waals surface area contributed by atoms with E-state index in [0.29, 0.717) is 0 Å². The first-order valence-electron chi connectivity index (χ1n) is 9.62. The predicted molar refractivity (Wildman–Crippen MR) is 106 cm³/mol. The minimum atomic E-state index is -4.68. The molecule has 9 nitrogen and oxygen atoms in total. The standard InChI is InChI=1S/C20H19F3N4O5/c1-4-13(16(28)25-12-9-7-6-8-11(12)20(21,22)23)27-10(3)24-17-14(18(27)29)15(26-32-17)19(30)31-5-2/h6-9,13H,4-5H2,1-3H3,(H,25,28). The minimum Gasteiger partial charge on any atom is -0.461 e. The first-order valence-corrected chi connectivity index (χ1v) is 9.62. The van der Waals surface area contributed by atoms with Crippen molar-refractivity contribution in [2.75, 3.05) is 11.9 Å². The molecule has 0 aliphatic carbocycles. The third-order valence-corrected chi connectivity index (χ3v) is 4.68. The summed E-state index contributed by atoms with van der Waals surface area (Å²) in [6.45, 7) is 4.60. The highest BCUT2D eigenvalue weighted by Gasteiger charge is 2.35. The normalized spacial score (nSPS) is 12.6. The van der Waals surface area contributed by atoms with E-state index in [1.807, 2.05) is 0 Å². The number of benzene rings is 1. The molecule has 0 radical (unpaired) electrons. The Bertz CT molecular complexity index is 1230. The number of fused-ring (bicyclic) bond motifs is 1. The molecular formula is C20H19F3N4O5. The fraction of sp³-hybridized carbons (Fsp3) is 0.350. The first kappa shape index (κ1) is 23.0. The van der Waals surface area contributed by atoms with Crippen LogP contribution in [0.2, 0.25) is 0 Å². The Labute approximate surface area is 179 Å². The van der Waals surface area contributed by atoms with Gasteiger partial charge in [0.05, 0.1) is 17.9 Å². The van der Waals surface area contributed by atoms with Gasteiger partial charge in [-0.15, -0.1) is 0 Å². The van der Waals surface area contributed by atoms with Crippen molar-refractivity contribution in [1.82, 2.24) is 14.7 Å². The maximum Gasteiger partial charge on any atom is 0.418 e. The lowest BCUT2D eigenvalue weighted by Gasteiger charge is -2.21. The number of nitrogens with one attached hydrogen (secondary N) is 1. The van der Waals surface area contributed by atoms with E-state index in [-0.39, 0.29) is 30.0 Å². The fourth-order valence-electron chi connectivity index (χ4n) is 3.27. The Kier molecular flexibility index (Phi) is 6.32. The second-order valence-electron chi connectivity index (χ2n) is 6.72. The monoisotopic (exact) mass is 452 g/mol. The van der Waals surface area contributed by atoms with E-state index in [0.717, 1.165) is 16.7 Å². The third kappa shape index (κ3) is 4.20. The number of hydrogen-bond donors (Lipinski definition) is 1. The highest BCUT2D eigenvalue weighted by molar-refractivity contribution is 6.00. The summed E-state index contributed by atoms with van der Waals surface area (Å²) in [5, 5.41) is 5.50. The summed E-state index contributed by atoms with van der Waals surface area (Å²) in [5.74, 6) is -1.71. The van der Waals surface area contributed by atoms with Gasteiger partial charge in [-0.2, -0.15) is 18.2 Å². The highest BCUT2D eigenvalue weighted by atomic mass is 19.4. The molecule has 0 saturated heterocycles. The summed E-state index contributed by atoms with van der Waals surface area (Å²) in [6, 6.07) is 3.28. The second kappa shape index (κ2) is 8.81. The van der Waals surface area contributed by atoms with Crippen LogP contribution in [0.25, 0.3) is 11.1 Å². The van der Waals surface area contributed by atoms with Gasteiger partial charge in [-0.3, -0.25) is 14.2 Å². The molecule has 3 rings (SSSR count). The molecule has 0 aliphatic heterocycles. The molecule has 3 aromatic rings. The van der Waals surface area contributed by atoms with Crippen LogP contribution in [-0.2, 0) is 15.7 Å². The molecule has 1 atom stereocenters. The second-order valence-corrected chi connectivity index (χ2v) is 6.72. The summed E-state index contributed by atoms with van der Waals surface area (Å²) in [7, 11) is 0. The summed E-state index contributed by atoms with van der Waals surface area (Å²) < 4.78 is 50.6. The number of amides is 1. The van der Waals surface area contributed by atoms with Crippen LogP contribution >= 0.6 is 0 Å². The fourth-order valence-corrected chi connectivity index (χ4v) is 3.27. The molecule has 2 heterocycles. The van der Waals surface area contributed by atoms with Crippen molar-refractivity contribution in [1.29, 1.82) is 0 Å². The average molecular weight is 452 g/mol. The van der Waals surface area contributed by atoms with Crippen molar-refractivity contribution in [3.05, 3.63) is 51.7 Å². The molecule has 0 saturated carbocycles. The smallest absolute Gasteiger partial charge is 0.418 e. The number of esters is 1. The van der Waals surface area contributed by atoms with E-state index in [1.165, 1.54) is 19.1 Å². The van der Waals surface area contributed by atoms with E-state index >= 15 is 0 Å². The molecule has 2 aromatic heterocycles. The zero-order chi connectivity index (χ0) is 23.6. The van der Waals surface area contributed by atoms with E-state index in [2.05, 4.69) is 15.5 Å². The third-order valence-electron chi connectivity index (χ3n) is 4.68. The number of hydrogen-bond acceptors (Lipinski definition) is 7. The predicted octanol–water partition coefficient (Wildman–Crippen LogP) is 3.48. The highest BCUT2D eigenvalue weighted by Crippen LogP contribution is 2.35. The van der Waals surface area contributed by atoms with Gasteiger partial charge in [-0.1, -0.05) is 24.2 Å². The van der Waals surface area contributed by atoms with Crippen LogP contribution in [-0.4, -0.2) is 33.2 Å². The number of aryl methyl sites for hydroxylation is 1. The first-order chi connectivity index (χ1) is 15.1. The average Bonchev–Trinajstić information content (AvgIpc) is 3.14. The number of carbonyl (C=O) groups is 2. The molecule has 1 N–H and O–H groups in total. The SMILES string of the molecule is CCOC(=O)c1noc2nc(C)n(C(CC)C(=O)Nc3ccccc3C(F)(F)F)c(=O)c12.